The molecule has 1 aromatic heterocycles. The van der Waals surface area contributed by atoms with Gasteiger partial charge in [0, 0.05) is 0 Å². The third-order valence-corrected chi connectivity index (χ3v) is 2.70. The Morgan fingerprint density at radius 2 is 2.11 bits per heavy atom. The Hall–Kier alpha value is -1.63. The fraction of sp³-hybridized carbons (Fsp3) is 0.545. The third kappa shape index (κ3) is 4.70. The van der Waals surface area contributed by atoms with Crippen LogP contribution in [0.15, 0.2) is 6.20 Å². The number of aromatic nitrogens is 1. The number of hydrogen-bond donors (Lipinski definition) is 1. The van der Waals surface area contributed by atoms with E-state index in [0.717, 1.165) is 0 Å². The molecule has 18 heavy (non-hydrogen) atoms. The molecule has 0 bridgehead atoms. The van der Waals surface area contributed by atoms with Crippen LogP contribution in [0.4, 0.5) is 4.79 Å². The van der Waals surface area contributed by atoms with E-state index in [-0.39, 0.29) is 6.54 Å². The number of rotatable bonds is 3. The van der Waals surface area contributed by atoms with Crippen molar-refractivity contribution in [3.63, 3.8) is 0 Å². The number of esters is 1. The van der Waals surface area contributed by atoms with Crippen LogP contribution in [0.5, 0.6) is 0 Å². The minimum atomic E-state index is -0.538. The summed E-state index contributed by atoms with van der Waals surface area (Å²) in [6, 6.07) is 0. The lowest BCUT2D eigenvalue weighted by molar-refractivity contribution is 0.0522. The molecule has 0 atom stereocenters. The van der Waals surface area contributed by atoms with Gasteiger partial charge in [0.1, 0.15) is 15.5 Å². The SMILES string of the molecule is COC(=O)c1cnc(CNC(=O)OC(C)(C)C)s1. The lowest BCUT2D eigenvalue weighted by Gasteiger charge is -2.19. The second-order valence-electron chi connectivity index (χ2n) is 4.47. The number of nitrogens with one attached hydrogen (secondary N) is 1. The maximum Gasteiger partial charge on any atom is 0.408 e. The first kappa shape index (κ1) is 14.4. The fourth-order valence-corrected chi connectivity index (χ4v) is 1.82. The van der Waals surface area contributed by atoms with Gasteiger partial charge in [0.15, 0.2) is 0 Å². The highest BCUT2D eigenvalue weighted by atomic mass is 32.1. The van der Waals surface area contributed by atoms with Crippen molar-refractivity contribution in [2.75, 3.05) is 7.11 Å². The molecule has 100 valence electrons. The maximum atomic E-state index is 11.4. The smallest absolute Gasteiger partial charge is 0.408 e. The summed E-state index contributed by atoms with van der Waals surface area (Å²) in [5.41, 5.74) is -0.538. The number of thiazole rings is 1. The van der Waals surface area contributed by atoms with E-state index in [2.05, 4.69) is 15.0 Å². The second kappa shape index (κ2) is 5.81. The van der Waals surface area contributed by atoms with Crippen LogP contribution in [0.25, 0.3) is 0 Å². The van der Waals surface area contributed by atoms with Crippen LogP contribution >= 0.6 is 11.3 Å². The van der Waals surface area contributed by atoms with E-state index in [1.807, 2.05) is 0 Å². The van der Waals surface area contributed by atoms with Crippen molar-refractivity contribution in [1.82, 2.24) is 10.3 Å². The predicted molar refractivity (Wildman–Crippen MR) is 66.5 cm³/mol. The summed E-state index contributed by atoms with van der Waals surface area (Å²) in [6.07, 6.45) is 0.903. The van der Waals surface area contributed by atoms with Crippen LogP contribution in [-0.4, -0.2) is 29.8 Å². The number of amides is 1. The zero-order valence-corrected chi connectivity index (χ0v) is 11.6. The molecule has 1 amide bonds. The fourth-order valence-electron chi connectivity index (χ4n) is 1.05. The summed E-state index contributed by atoms with van der Waals surface area (Å²) in [4.78, 5) is 27.0. The number of alkyl carbamates (subject to hydrolysis) is 1. The zero-order chi connectivity index (χ0) is 13.8. The lowest BCUT2D eigenvalue weighted by atomic mass is 10.2. The Balaban J connectivity index is 2.47. The van der Waals surface area contributed by atoms with Crippen molar-refractivity contribution in [2.24, 2.45) is 0 Å². The molecule has 0 spiro atoms. The minimum absolute atomic E-state index is 0.219. The van der Waals surface area contributed by atoms with Gasteiger partial charge in [0.2, 0.25) is 0 Å². The summed E-state index contributed by atoms with van der Waals surface area (Å²) in [5, 5.41) is 3.17. The van der Waals surface area contributed by atoms with Crippen LogP contribution in [0.1, 0.15) is 35.5 Å². The molecule has 0 fully saturated rings. The molecule has 1 N–H and O–H groups in total. The molecule has 0 saturated heterocycles. The van der Waals surface area contributed by atoms with Crippen molar-refractivity contribution in [3.05, 3.63) is 16.1 Å². The van der Waals surface area contributed by atoms with E-state index in [0.29, 0.717) is 9.88 Å². The van der Waals surface area contributed by atoms with Gasteiger partial charge in [0.05, 0.1) is 19.9 Å². The number of nitrogens with zero attached hydrogens (tertiary/aromatic N) is 1. The van der Waals surface area contributed by atoms with Gasteiger partial charge in [-0.2, -0.15) is 0 Å². The molecular weight excluding hydrogens is 256 g/mol. The Labute approximate surface area is 109 Å². The predicted octanol–water partition coefficient (Wildman–Crippen LogP) is 1.95. The molecule has 0 aromatic carbocycles. The summed E-state index contributed by atoms with van der Waals surface area (Å²) in [7, 11) is 1.31. The van der Waals surface area contributed by atoms with Crippen LogP contribution < -0.4 is 5.32 Å². The van der Waals surface area contributed by atoms with Gasteiger partial charge in [-0.15, -0.1) is 11.3 Å². The largest absolute Gasteiger partial charge is 0.465 e. The van der Waals surface area contributed by atoms with Crippen LogP contribution in [0, 0.1) is 0 Å². The van der Waals surface area contributed by atoms with Crippen LogP contribution in [0.3, 0.4) is 0 Å². The third-order valence-electron chi connectivity index (χ3n) is 1.72. The van der Waals surface area contributed by atoms with Crippen LogP contribution in [-0.2, 0) is 16.0 Å². The number of hydrogen-bond acceptors (Lipinski definition) is 6. The summed E-state index contributed by atoms with van der Waals surface area (Å²) in [6.45, 7) is 5.57. The van der Waals surface area contributed by atoms with E-state index in [1.54, 1.807) is 20.8 Å². The zero-order valence-electron chi connectivity index (χ0n) is 10.8. The highest BCUT2D eigenvalue weighted by Gasteiger charge is 2.16. The Morgan fingerprint density at radius 1 is 1.44 bits per heavy atom. The molecule has 1 aromatic rings. The highest BCUT2D eigenvalue weighted by molar-refractivity contribution is 7.13. The van der Waals surface area contributed by atoms with Gasteiger partial charge >= 0.3 is 12.1 Å². The molecule has 0 aliphatic carbocycles. The minimum Gasteiger partial charge on any atom is -0.465 e. The quantitative estimate of drug-likeness (QED) is 0.851. The molecule has 0 saturated carbocycles. The molecule has 1 heterocycles. The van der Waals surface area contributed by atoms with E-state index >= 15 is 0 Å². The topological polar surface area (TPSA) is 77.5 Å². The summed E-state index contributed by atoms with van der Waals surface area (Å²) in [5.74, 6) is -0.434. The van der Waals surface area contributed by atoms with E-state index in [1.165, 1.54) is 24.6 Å². The highest BCUT2D eigenvalue weighted by Crippen LogP contribution is 2.14. The monoisotopic (exact) mass is 272 g/mol. The molecule has 1 rings (SSSR count). The van der Waals surface area contributed by atoms with Gasteiger partial charge in [-0.1, -0.05) is 0 Å². The van der Waals surface area contributed by atoms with Crippen molar-refractivity contribution in [3.8, 4) is 0 Å². The maximum absolute atomic E-state index is 11.4. The van der Waals surface area contributed by atoms with Gasteiger partial charge in [-0.25, -0.2) is 14.6 Å². The van der Waals surface area contributed by atoms with Gasteiger partial charge in [-0.05, 0) is 20.8 Å². The Morgan fingerprint density at radius 3 is 2.67 bits per heavy atom. The Kier molecular flexibility index (Phi) is 4.66. The molecule has 6 nitrogen and oxygen atoms in total. The van der Waals surface area contributed by atoms with Crippen molar-refractivity contribution in [2.45, 2.75) is 32.9 Å². The van der Waals surface area contributed by atoms with E-state index in [9.17, 15) is 9.59 Å². The van der Waals surface area contributed by atoms with Crippen LogP contribution in [0.2, 0.25) is 0 Å². The van der Waals surface area contributed by atoms with Crippen molar-refractivity contribution < 1.29 is 19.1 Å². The average molecular weight is 272 g/mol. The molecule has 0 aliphatic heterocycles. The number of carbonyl (C=O) groups excluding carboxylic acids is 2. The normalized spacial score (nSPS) is 10.9. The first-order chi connectivity index (χ1) is 8.31. The van der Waals surface area contributed by atoms with Crippen molar-refractivity contribution in [1.29, 1.82) is 0 Å². The summed E-state index contributed by atoms with van der Waals surface area (Å²) < 4.78 is 9.63. The van der Waals surface area contributed by atoms with E-state index in [4.69, 9.17) is 4.74 Å². The first-order valence-corrected chi connectivity index (χ1v) is 6.13. The molecule has 0 aliphatic rings. The van der Waals surface area contributed by atoms with Gasteiger partial charge < -0.3 is 14.8 Å². The summed E-state index contributed by atoms with van der Waals surface area (Å²) >= 11 is 1.17. The lowest BCUT2D eigenvalue weighted by Crippen LogP contribution is -2.32. The molecular formula is C11H16N2O4S. The standard InChI is InChI=1S/C11H16N2O4S/c1-11(2,3)17-10(15)13-6-8-12-5-7(18-8)9(14)16-4/h5H,6H2,1-4H3,(H,13,15). The molecule has 0 radical (unpaired) electrons. The second-order valence-corrected chi connectivity index (χ2v) is 5.58. The molecule has 0 unspecified atom stereocenters. The van der Waals surface area contributed by atoms with Gasteiger partial charge in [0.25, 0.3) is 0 Å². The average Bonchev–Trinajstić information content (AvgIpc) is 2.71. The number of methoxy groups -OCH3 is 1. The first-order valence-electron chi connectivity index (χ1n) is 5.31. The molecule has 7 heteroatoms. The Bertz CT molecular complexity index is 436. The number of ether oxygens (including phenoxy) is 2. The van der Waals surface area contributed by atoms with E-state index < -0.39 is 17.7 Å². The van der Waals surface area contributed by atoms with Gasteiger partial charge in [-0.3, -0.25) is 0 Å². The number of carbonyl (C=O) groups is 2. The van der Waals surface area contributed by atoms with Crippen molar-refractivity contribution >= 4 is 23.4 Å².